The number of aromatic hydroxyl groups is 1. The zero-order valence-electron chi connectivity index (χ0n) is 15.3. The molecule has 1 N–H and O–H groups in total. The van der Waals surface area contributed by atoms with Crippen molar-refractivity contribution < 1.29 is 5.11 Å². The van der Waals surface area contributed by atoms with Gasteiger partial charge in [0.2, 0.25) is 10.8 Å². The topological polar surface area (TPSA) is 53.7 Å². The molecule has 0 amide bonds. The molecular weight excluding hydrogens is 436 g/mol. The van der Waals surface area contributed by atoms with Gasteiger partial charge in [0.15, 0.2) is 0 Å². The van der Waals surface area contributed by atoms with Crippen molar-refractivity contribution in [3.8, 4) is 5.88 Å². The smallest absolute Gasteiger partial charge is 0.230 e. The molecular formula is C21H19BrN4OS. The number of rotatable bonds is 3. The Morgan fingerprint density at radius 2 is 1.86 bits per heavy atom. The van der Waals surface area contributed by atoms with Crippen LogP contribution in [-0.4, -0.2) is 31.1 Å². The van der Waals surface area contributed by atoms with Gasteiger partial charge in [0.25, 0.3) is 0 Å². The van der Waals surface area contributed by atoms with E-state index in [1.807, 2.05) is 6.92 Å². The molecule has 7 heteroatoms. The number of benzene rings is 2. The van der Waals surface area contributed by atoms with Crippen molar-refractivity contribution in [3.63, 3.8) is 0 Å². The minimum absolute atomic E-state index is 0.0461. The molecule has 1 aliphatic rings. The van der Waals surface area contributed by atoms with Gasteiger partial charge in [0.1, 0.15) is 5.82 Å². The SMILES string of the molecule is Cc1nc2sc([C@H](c3ccc(Br)cc3)N3CCc4ccccc4C3)c(O)n2n1. The fourth-order valence-corrected chi connectivity index (χ4v) is 5.36. The Balaban J connectivity index is 1.62. The molecule has 28 heavy (non-hydrogen) atoms. The van der Waals surface area contributed by atoms with Crippen molar-refractivity contribution in [2.75, 3.05) is 6.54 Å². The molecule has 0 spiro atoms. The Kier molecular flexibility index (Phi) is 4.45. The van der Waals surface area contributed by atoms with Crippen LogP contribution in [0.4, 0.5) is 0 Å². The number of hydrogen-bond acceptors (Lipinski definition) is 5. The van der Waals surface area contributed by atoms with Gasteiger partial charge in [-0.2, -0.15) is 4.52 Å². The maximum atomic E-state index is 11.0. The summed E-state index contributed by atoms with van der Waals surface area (Å²) in [4.78, 5) is 8.50. The molecule has 0 bridgehead atoms. The Labute approximate surface area is 175 Å². The second-order valence-corrected chi connectivity index (χ2v) is 9.01. The standard InChI is InChI=1S/C21H19BrN4OS/c1-13-23-21-26(24-13)20(27)19(28-21)18(15-6-8-17(22)9-7-15)25-11-10-14-4-2-3-5-16(14)12-25/h2-9,18,27H,10-12H2,1H3/t18-/m0/s1. The molecule has 2 aromatic heterocycles. The van der Waals surface area contributed by atoms with Crippen LogP contribution < -0.4 is 0 Å². The molecule has 0 aliphatic carbocycles. The second kappa shape index (κ2) is 6.99. The summed E-state index contributed by atoms with van der Waals surface area (Å²) >= 11 is 5.04. The van der Waals surface area contributed by atoms with Gasteiger partial charge in [-0.15, -0.1) is 5.10 Å². The quantitative estimate of drug-likeness (QED) is 0.486. The summed E-state index contributed by atoms with van der Waals surface area (Å²) in [7, 11) is 0. The Morgan fingerprint density at radius 1 is 1.11 bits per heavy atom. The van der Waals surface area contributed by atoms with Gasteiger partial charge < -0.3 is 5.11 Å². The van der Waals surface area contributed by atoms with Crippen molar-refractivity contribution >= 4 is 32.2 Å². The zero-order chi connectivity index (χ0) is 19.3. The average Bonchev–Trinajstić information content (AvgIpc) is 3.21. The minimum atomic E-state index is -0.0461. The van der Waals surface area contributed by atoms with Crippen LogP contribution in [0.5, 0.6) is 5.88 Å². The molecule has 5 nitrogen and oxygen atoms in total. The van der Waals surface area contributed by atoms with E-state index < -0.39 is 0 Å². The monoisotopic (exact) mass is 454 g/mol. The van der Waals surface area contributed by atoms with E-state index in [-0.39, 0.29) is 11.9 Å². The number of aryl methyl sites for hydroxylation is 1. The lowest BCUT2D eigenvalue weighted by Gasteiger charge is -2.35. The predicted octanol–water partition coefficient (Wildman–Crippen LogP) is 4.72. The lowest BCUT2D eigenvalue weighted by Crippen LogP contribution is -2.34. The van der Waals surface area contributed by atoms with Crippen LogP contribution in [-0.2, 0) is 13.0 Å². The van der Waals surface area contributed by atoms with Crippen molar-refractivity contribution in [2.45, 2.75) is 25.9 Å². The highest BCUT2D eigenvalue weighted by atomic mass is 79.9. The van der Waals surface area contributed by atoms with Gasteiger partial charge in [-0.3, -0.25) is 4.90 Å². The van der Waals surface area contributed by atoms with Crippen molar-refractivity contribution in [2.24, 2.45) is 0 Å². The number of aromatic nitrogens is 3. The van der Waals surface area contributed by atoms with Gasteiger partial charge in [0.05, 0.1) is 10.9 Å². The molecule has 0 radical (unpaired) electrons. The van der Waals surface area contributed by atoms with Crippen LogP contribution in [0.1, 0.15) is 33.4 Å². The maximum absolute atomic E-state index is 11.0. The number of halogens is 1. The van der Waals surface area contributed by atoms with Gasteiger partial charge in [-0.25, -0.2) is 4.98 Å². The molecule has 2 aromatic carbocycles. The van der Waals surface area contributed by atoms with Crippen LogP contribution in [0.3, 0.4) is 0 Å². The third-order valence-corrected chi connectivity index (χ3v) is 6.87. The normalized spacial score (nSPS) is 15.6. The number of fused-ring (bicyclic) bond motifs is 2. The van der Waals surface area contributed by atoms with Crippen molar-refractivity contribution in [1.29, 1.82) is 0 Å². The fraction of sp³-hybridized carbons (Fsp3) is 0.238. The summed E-state index contributed by atoms with van der Waals surface area (Å²) in [5.74, 6) is 0.854. The van der Waals surface area contributed by atoms with Crippen LogP contribution in [0.2, 0.25) is 0 Å². The first-order valence-corrected chi connectivity index (χ1v) is 10.8. The summed E-state index contributed by atoms with van der Waals surface area (Å²) in [5.41, 5.74) is 3.92. The van der Waals surface area contributed by atoms with Crippen LogP contribution >= 0.6 is 27.3 Å². The molecule has 5 rings (SSSR count). The first-order valence-electron chi connectivity index (χ1n) is 9.21. The van der Waals surface area contributed by atoms with E-state index in [1.54, 1.807) is 4.52 Å². The molecule has 3 heterocycles. The van der Waals surface area contributed by atoms with Crippen molar-refractivity contribution in [1.82, 2.24) is 19.5 Å². The summed E-state index contributed by atoms with van der Waals surface area (Å²) in [6, 6.07) is 16.9. The Morgan fingerprint density at radius 3 is 2.61 bits per heavy atom. The van der Waals surface area contributed by atoms with Crippen LogP contribution in [0, 0.1) is 6.92 Å². The predicted molar refractivity (Wildman–Crippen MR) is 114 cm³/mol. The van der Waals surface area contributed by atoms with E-state index in [9.17, 15) is 5.11 Å². The maximum Gasteiger partial charge on any atom is 0.230 e. The van der Waals surface area contributed by atoms with Gasteiger partial charge in [-0.1, -0.05) is 63.7 Å². The summed E-state index contributed by atoms with van der Waals surface area (Å²) in [6.07, 6.45) is 1.00. The van der Waals surface area contributed by atoms with E-state index in [0.717, 1.165) is 39.4 Å². The van der Waals surface area contributed by atoms with E-state index in [1.165, 1.54) is 22.5 Å². The summed E-state index contributed by atoms with van der Waals surface area (Å²) in [6.45, 7) is 3.62. The Bertz CT molecular complexity index is 1150. The first kappa shape index (κ1) is 17.8. The number of thiazole rings is 1. The largest absolute Gasteiger partial charge is 0.492 e. The van der Waals surface area contributed by atoms with Gasteiger partial charge in [-0.05, 0) is 42.2 Å². The number of hydrogen-bond donors (Lipinski definition) is 1. The highest BCUT2D eigenvalue weighted by Crippen LogP contribution is 2.41. The molecule has 0 saturated heterocycles. The lowest BCUT2D eigenvalue weighted by molar-refractivity contribution is 0.205. The Hall–Kier alpha value is -2.22. The molecule has 0 unspecified atom stereocenters. The highest BCUT2D eigenvalue weighted by Gasteiger charge is 2.31. The van der Waals surface area contributed by atoms with Gasteiger partial charge >= 0.3 is 0 Å². The average molecular weight is 455 g/mol. The number of nitrogens with zero attached hydrogens (tertiary/aromatic N) is 4. The van der Waals surface area contributed by atoms with Crippen LogP contribution in [0.25, 0.3) is 4.96 Å². The molecule has 0 fully saturated rings. The first-order chi connectivity index (χ1) is 13.6. The highest BCUT2D eigenvalue weighted by molar-refractivity contribution is 9.10. The lowest BCUT2D eigenvalue weighted by atomic mass is 9.96. The fourth-order valence-electron chi connectivity index (χ4n) is 3.94. The van der Waals surface area contributed by atoms with E-state index in [0.29, 0.717) is 5.82 Å². The summed E-state index contributed by atoms with van der Waals surface area (Å²) in [5, 5.41) is 15.3. The van der Waals surface area contributed by atoms with E-state index in [2.05, 4.69) is 79.4 Å². The minimum Gasteiger partial charge on any atom is -0.492 e. The molecule has 0 saturated carbocycles. The van der Waals surface area contributed by atoms with E-state index >= 15 is 0 Å². The molecule has 4 aromatic rings. The van der Waals surface area contributed by atoms with E-state index in [4.69, 9.17) is 0 Å². The molecule has 142 valence electrons. The zero-order valence-corrected chi connectivity index (χ0v) is 17.7. The third kappa shape index (κ3) is 3.03. The molecule has 1 aliphatic heterocycles. The van der Waals surface area contributed by atoms with Crippen LogP contribution in [0.15, 0.2) is 53.0 Å². The molecule has 1 atom stereocenters. The second-order valence-electron chi connectivity index (χ2n) is 7.09. The van der Waals surface area contributed by atoms with Crippen molar-refractivity contribution in [3.05, 3.63) is 80.4 Å². The third-order valence-electron chi connectivity index (χ3n) is 5.27. The summed E-state index contributed by atoms with van der Waals surface area (Å²) < 4.78 is 2.60. The van der Waals surface area contributed by atoms with Gasteiger partial charge in [0, 0.05) is 17.6 Å².